The largest absolute Gasteiger partial charge is 0.480 e. The van der Waals surface area contributed by atoms with Gasteiger partial charge in [-0.25, -0.2) is 8.42 Å². The molecule has 1 rings (SSSR count). The Morgan fingerprint density at radius 1 is 1.44 bits per heavy atom. The number of hydrogen-bond acceptors (Lipinski definition) is 3. The molecule has 0 bridgehead atoms. The van der Waals surface area contributed by atoms with E-state index in [9.17, 15) is 13.2 Å². The van der Waals surface area contributed by atoms with E-state index in [1.54, 1.807) is 0 Å². The molecule has 1 aliphatic heterocycles. The second kappa shape index (κ2) is 5.63. The minimum Gasteiger partial charge on any atom is -0.480 e. The second-order valence-electron chi connectivity index (χ2n) is 4.13. The van der Waals surface area contributed by atoms with Crippen LogP contribution in [0.5, 0.6) is 0 Å². The van der Waals surface area contributed by atoms with Crippen LogP contribution in [0.2, 0.25) is 0 Å². The molecule has 0 radical (unpaired) electrons. The summed E-state index contributed by atoms with van der Waals surface area (Å²) in [6.45, 7) is 2.36. The number of carboxylic acid groups (broad SMARTS) is 1. The first-order chi connectivity index (χ1) is 7.49. The summed E-state index contributed by atoms with van der Waals surface area (Å²) in [4.78, 5) is 10.9. The normalized spacial score (nSPS) is 22.4. The molecule has 1 saturated heterocycles. The maximum atomic E-state index is 11.9. The molecule has 6 heteroatoms. The van der Waals surface area contributed by atoms with Crippen molar-refractivity contribution in [1.82, 2.24) is 4.31 Å². The summed E-state index contributed by atoms with van der Waals surface area (Å²) in [7, 11) is -3.37. The monoisotopic (exact) mass is 249 g/mol. The highest BCUT2D eigenvalue weighted by Gasteiger charge is 2.37. The van der Waals surface area contributed by atoms with Gasteiger partial charge in [-0.2, -0.15) is 4.31 Å². The minimum atomic E-state index is -3.37. The number of aliphatic carboxylic acids is 1. The van der Waals surface area contributed by atoms with Gasteiger partial charge in [-0.15, -0.1) is 0 Å². The van der Waals surface area contributed by atoms with E-state index in [-0.39, 0.29) is 5.75 Å². The Kier molecular flexibility index (Phi) is 4.73. The molecular formula is C10H19NO4S. The quantitative estimate of drug-likeness (QED) is 0.714. The molecule has 0 unspecified atom stereocenters. The summed E-state index contributed by atoms with van der Waals surface area (Å²) in [6, 6.07) is -0.841. The lowest BCUT2D eigenvalue weighted by Gasteiger charge is -2.20. The molecule has 1 fully saturated rings. The molecule has 5 nitrogen and oxygen atoms in total. The van der Waals surface area contributed by atoms with Gasteiger partial charge in [0.05, 0.1) is 5.75 Å². The molecule has 0 amide bonds. The van der Waals surface area contributed by atoms with E-state index in [1.165, 1.54) is 0 Å². The van der Waals surface area contributed by atoms with Crippen LogP contribution in [-0.2, 0) is 14.8 Å². The average molecular weight is 249 g/mol. The molecule has 0 aromatic carbocycles. The van der Waals surface area contributed by atoms with Crippen molar-refractivity contribution >= 4 is 16.0 Å². The van der Waals surface area contributed by atoms with E-state index < -0.39 is 22.0 Å². The minimum absolute atomic E-state index is 0.0740. The van der Waals surface area contributed by atoms with E-state index in [4.69, 9.17) is 5.11 Å². The zero-order valence-electron chi connectivity index (χ0n) is 9.55. The first kappa shape index (κ1) is 13.4. The number of rotatable bonds is 6. The van der Waals surface area contributed by atoms with Gasteiger partial charge in [-0.3, -0.25) is 4.79 Å². The number of nitrogens with zero attached hydrogens (tertiary/aromatic N) is 1. The van der Waals surface area contributed by atoms with Crippen LogP contribution in [0, 0.1) is 0 Å². The first-order valence-electron chi connectivity index (χ1n) is 5.71. The van der Waals surface area contributed by atoms with Crippen molar-refractivity contribution in [3.05, 3.63) is 0 Å². The van der Waals surface area contributed by atoms with Crippen LogP contribution >= 0.6 is 0 Å². The van der Waals surface area contributed by atoms with Gasteiger partial charge >= 0.3 is 5.97 Å². The van der Waals surface area contributed by atoms with Crippen LogP contribution in [0.4, 0.5) is 0 Å². The Morgan fingerprint density at radius 3 is 2.69 bits per heavy atom. The van der Waals surface area contributed by atoms with Crippen molar-refractivity contribution in [3.8, 4) is 0 Å². The molecule has 1 heterocycles. The highest BCUT2D eigenvalue weighted by molar-refractivity contribution is 7.89. The SMILES string of the molecule is CCCCCS(=O)(=O)N1CCC[C@@H]1C(=O)O. The second-order valence-corrected chi connectivity index (χ2v) is 6.17. The summed E-state index contributed by atoms with van der Waals surface area (Å²) in [6.07, 6.45) is 3.51. The van der Waals surface area contributed by atoms with Crippen LogP contribution < -0.4 is 0 Å². The number of unbranched alkanes of at least 4 members (excludes halogenated alkanes) is 2. The molecule has 0 aromatic heterocycles. The van der Waals surface area contributed by atoms with E-state index in [2.05, 4.69) is 0 Å². The van der Waals surface area contributed by atoms with Gasteiger partial charge in [-0.05, 0) is 19.3 Å². The maximum Gasteiger partial charge on any atom is 0.322 e. The highest BCUT2D eigenvalue weighted by Crippen LogP contribution is 2.22. The summed E-state index contributed by atoms with van der Waals surface area (Å²) in [5.74, 6) is -0.957. The fourth-order valence-electron chi connectivity index (χ4n) is 1.97. The molecular weight excluding hydrogens is 230 g/mol. The number of hydrogen-bond donors (Lipinski definition) is 1. The predicted octanol–water partition coefficient (Wildman–Crippen LogP) is 1.06. The molecule has 16 heavy (non-hydrogen) atoms. The Hall–Kier alpha value is -0.620. The van der Waals surface area contributed by atoms with Gasteiger partial charge in [0.15, 0.2) is 0 Å². The van der Waals surface area contributed by atoms with Gasteiger partial charge in [0, 0.05) is 6.54 Å². The van der Waals surface area contributed by atoms with Crippen molar-refractivity contribution < 1.29 is 18.3 Å². The summed E-state index contributed by atoms with van der Waals surface area (Å²) >= 11 is 0. The van der Waals surface area contributed by atoms with Gasteiger partial charge in [-0.1, -0.05) is 19.8 Å². The van der Waals surface area contributed by atoms with Crippen LogP contribution in [0.25, 0.3) is 0 Å². The zero-order chi connectivity index (χ0) is 12.2. The average Bonchev–Trinajstić information content (AvgIpc) is 2.66. The van der Waals surface area contributed by atoms with Crippen LogP contribution in [0.3, 0.4) is 0 Å². The fourth-order valence-corrected chi connectivity index (χ4v) is 3.77. The molecule has 1 aliphatic rings. The summed E-state index contributed by atoms with van der Waals surface area (Å²) < 4.78 is 24.9. The smallest absolute Gasteiger partial charge is 0.322 e. The van der Waals surface area contributed by atoms with E-state index in [0.717, 1.165) is 17.1 Å². The first-order valence-corrected chi connectivity index (χ1v) is 7.32. The van der Waals surface area contributed by atoms with Crippen molar-refractivity contribution in [2.75, 3.05) is 12.3 Å². The van der Waals surface area contributed by atoms with Crippen LogP contribution in [0.15, 0.2) is 0 Å². The number of sulfonamides is 1. The number of carbonyl (C=O) groups is 1. The van der Waals surface area contributed by atoms with Crippen molar-refractivity contribution in [1.29, 1.82) is 0 Å². The Morgan fingerprint density at radius 2 is 2.12 bits per heavy atom. The van der Waals surface area contributed by atoms with Gasteiger partial charge < -0.3 is 5.11 Å². The summed E-state index contributed by atoms with van der Waals surface area (Å²) in [5, 5.41) is 8.91. The topological polar surface area (TPSA) is 74.7 Å². The molecule has 0 aromatic rings. The highest BCUT2D eigenvalue weighted by atomic mass is 32.2. The molecule has 0 saturated carbocycles. The molecule has 1 atom stereocenters. The van der Waals surface area contributed by atoms with E-state index >= 15 is 0 Å². The van der Waals surface area contributed by atoms with Crippen molar-refractivity contribution in [3.63, 3.8) is 0 Å². The summed E-state index contributed by atoms with van der Waals surface area (Å²) in [5.41, 5.74) is 0. The lowest BCUT2D eigenvalue weighted by atomic mass is 10.2. The Labute approximate surface area is 96.5 Å². The van der Waals surface area contributed by atoms with Gasteiger partial charge in [0.1, 0.15) is 6.04 Å². The van der Waals surface area contributed by atoms with Gasteiger partial charge in [0.25, 0.3) is 0 Å². The third-order valence-corrected chi connectivity index (χ3v) is 4.81. The standard InChI is InChI=1S/C10H19NO4S/c1-2-3-4-8-16(14,15)11-7-5-6-9(11)10(12)13/h9H,2-8H2,1H3,(H,12,13)/t9-/m1/s1. The number of carboxylic acids is 1. The van der Waals surface area contributed by atoms with Crippen molar-refractivity contribution in [2.45, 2.75) is 45.1 Å². The van der Waals surface area contributed by atoms with Crippen LogP contribution in [-0.4, -0.2) is 42.1 Å². The molecule has 1 N–H and O–H groups in total. The molecule has 0 aliphatic carbocycles. The van der Waals surface area contributed by atoms with Crippen molar-refractivity contribution in [2.24, 2.45) is 0 Å². The van der Waals surface area contributed by atoms with E-state index in [0.29, 0.717) is 25.8 Å². The Bertz CT molecular complexity index is 339. The fraction of sp³-hybridized carbons (Fsp3) is 0.900. The third kappa shape index (κ3) is 3.18. The predicted molar refractivity (Wildman–Crippen MR) is 60.7 cm³/mol. The zero-order valence-corrected chi connectivity index (χ0v) is 10.4. The molecule has 0 spiro atoms. The van der Waals surface area contributed by atoms with E-state index in [1.807, 2.05) is 6.92 Å². The Balaban J connectivity index is 2.63. The lowest BCUT2D eigenvalue weighted by molar-refractivity contribution is -0.140. The van der Waals surface area contributed by atoms with Crippen LogP contribution in [0.1, 0.15) is 39.0 Å². The molecule has 94 valence electrons. The van der Waals surface area contributed by atoms with Gasteiger partial charge in [0.2, 0.25) is 10.0 Å². The lowest BCUT2D eigenvalue weighted by Crippen LogP contribution is -2.41. The third-order valence-electron chi connectivity index (χ3n) is 2.85. The maximum absolute atomic E-state index is 11.9.